The Balaban J connectivity index is 1.73. The van der Waals surface area contributed by atoms with Gasteiger partial charge in [-0.05, 0) is 76.1 Å². The number of fused-ring (bicyclic) bond motifs is 3. The molecule has 3 aliphatic rings. The molecule has 2 aromatic rings. The Hall–Kier alpha value is -1.90. The number of carbonyl (C=O) groups excluding carboxylic acids is 1. The maximum Gasteiger partial charge on any atom is 0.411 e. The molecule has 1 atom stereocenters. The lowest BCUT2D eigenvalue weighted by molar-refractivity contribution is -0.0918. The summed E-state index contributed by atoms with van der Waals surface area (Å²) in [5.41, 5.74) is 0.469. The minimum atomic E-state index is -3.70. The normalized spacial score (nSPS) is 26.4. The molecular weight excluding hydrogens is 530 g/mol. The average molecular weight is 565 g/mol. The van der Waals surface area contributed by atoms with E-state index in [1.165, 1.54) is 0 Å². The lowest BCUT2D eigenvalue weighted by Gasteiger charge is -2.60. The predicted molar refractivity (Wildman–Crippen MR) is 140 cm³/mol. The largest absolute Gasteiger partial charge is 0.444 e. The molecule has 0 heterocycles. The van der Waals surface area contributed by atoms with Gasteiger partial charge in [0.15, 0.2) is 0 Å². The maximum absolute atomic E-state index is 13.6. The Morgan fingerprint density at radius 3 is 2.17 bits per heavy atom. The summed E-state index contributed by atoms with van der Waals surface area (Å²) < 4.78 is 37.3. The van der Waals surface area contributed by atoms with Crippen molar-refractivity contribution in [2.75, 3.05) is 6.26 Å². The quantitative estimate of drug-likeness (QED) is 0.392. The van der Waals surface area contributed by atoms with Crippen LogP contribution in [0.4, 0.5) is 4.79 Å². The van der Waals surface area contributed by atoms with Crippen molar-refractivity contribution in [2.24, 2.45) is 0 Å². The summed E-state index contributed by atoms with van der Waals surface area (Å²) in [6.45, 7) is 5.98. The molecule has 0 aromatic heterocycles. The third-order valence-corrected chi connectivity index (χ3v) is 8.45. The topological polar surface area (TPSA) is 72.9 Å². The van der Waals surface area contributed by atoms with Crippen LogP contribution in [0.5, 0.6) is 0 Å². The molecule has 2 bridgehead atoms. The molecule has 0 radical (unpaired) electrons. The van der Waals surface area contributed by atoms with Gasteiger partial charge in [0.25, 0.3) is 10.1 Å². The number of hydrogen-bond donors (Lipinski definition) is 0. The van der Waals surface area contributed by atoms with E-state index in [1.807, 2.05) is 68.1 Å². The standard InChI is InChI=1S/C27H34BrNO5S/c1-25(2,3)33-24(30)29(19-20-8-6-5-7-9-20)26-14-16-27(17-15-26,21-10-12-22(28)13-11-21)23(18-26)34-35(4,31)32/h5-13,23H,14-19H2,1-4H3. The van der Waals surface area contributed by atoms with Crippen LogP contribution in [-0.2, 0) is 31.0 Å². The molecule has 3 fully saturated rings. The zero-order valence-electron chi connectivity index (χ0n) is 20.8. The molecule has 1 unspecified atom stereocenters. The lowest BCUT2D eigenvalue weighted by atomic mass is 9.53. The van der Waals surface area contributed by atoms with Crippen molar-refractivity contribution < 1.29 is 22.1 Å². The first-order chi connectivity index (χ1) is 16.3. The fourth-order valence-electron chi connectivity index (χ4n) is 5.71. The summed E-state index contributed by atoms with van der Waals surface area (Å²) in [6.07, 6.45) is 3.54. The first-order valence-electron chi connectivity index (χ1n) is 12.0. The van der Waals surface area contributed by atoms with Crippen molar-refractivity contribution in [1.29, 1.82) is 0 Å². The molecular formula is C27H34BrNO5S. The van der Waals surface area contributed by atoms with Gasteiger partial charge in [0.1, 0.15) is 5.60 Å². The number of nitrogens with zero attached hydrogens (tertiary/aromatic N) is 1. The highest BCUT2D eigenvalue weighted by Gasteiger charge is 2.60. The monoisotopic (exact) mass is 563 g/mol. The summed E-state index contributed by atoms with van der Waals surface area (Å²) >= 11 is 3.50. The summed E-state index contributed by atoms with van der Waals surface area (Å²) in [5, 5.41) is 0. The van der Waals surface area contributed by atoms with Gasteiger partial charge < -0.3 is 4.74 Å². The molecule has 1 amide bonds. The van der Waals surface area contributed by atoms with E-state index in [-0.39, 0.29) is 6.09 Å². The summed E-state index contributed by atoms with van der Waals surface area (Å²) in [5.74, 6) is 0. The minimum Gasteiger partial charge on any atom is -0.444 e. The van der Waals surface area contributed by atoms with Crippen LogP contribution >= 0.6 is 15.9 Å². The van der Waals surface area contributed by atoms with Gasteiger partial charge in [-0.25, -0.2) is 4.79 Å². The summed E-state index contributed by atoms with van der Waals surface area (Å²) in [6, 6.07) is 17.9. The van der Waals surface area contributed by atoms with Gasteiger partial charge in [0.2, 0.25) is 0 Å². The number of benzene rings is 2. The molecule has 0 saturated heterocycles. The lowest BCUT2D eigenvalue weighted by Crippen LogP contribution is -2.65. The van der Waals surface area contributed by atoms with Gasteiger partial charge in [0, 0.05) is 22.0 Å². The van der Waals surface area contributed by atoms with Crippen LogP contribution < -0.4 is 0 Å². The molecule has 0 spiro atoms. The molecule has 190 valence electrons. The van der Waals surface area contributed by atoms with E-state index in [2.05, 4.69) is 28.1 Å². The first-order valence-corrected chi connectivity index (χ1v) is 14.6. The summed E-state index contributed by atoms with van der Waals surface area (Å²) in [7, 11) is -3.70. The van der Waals surface area contributed by atoms with Crippen molar-refractivity contribution in [3.8, 4) is 0 Å². The Kier molecular flexibility index (Phi) is 7.12. The first kappa shape index (κ1) is 26.2. The van der Waals surface area contributed by atoms with Crippen molar-refractivity contribution >= 4 is 32.1 Å². The highest BCUT2D eigenvalue weighted by molar-refractivity contribution is 9.10. The maximum atomic E-state index is 13.6. The Morgan fingerprint density at radius 2 is 1.63 bits per heavy atom. The summed E-state index contributed by atoms with van der Waals surface area (Å²) in [4.78, 5) is 15.4. The van der Waals surface area contributed by atoms with E-state index >= 15 is 0 Å². The van der Waals surface area contributed by atoms with Gasteiger partial charge in [-0.15, -0.1) is 0 Å². The van der Waals surface area contributed by atoms with E-state index in [4.69, 9.17) is 8.92 Å². The van der Waals surface area contributed by atoms with Gasteiger partial charge >= 0.3 is 6.09 Å². The Bertz CT molecular complexity index is 1150. The van der Waals surface area contributed by atoms with E-state index in [1.54, 1.807) is 0 Å². The second-order valence-electron chi connectivity index (χ2n) is 10.9. The molecule has 0 aliphatic heterocycles. The fourth-order valence-corrected chi connectivity index (χ4v) is 6.65. The second-order valence-corrected chi connectivity index (χ2v) is 13.4. The number of hydrogen-bond acceptors (Lipinski definition) is 5. The van der Waals surface area contributed by atoms with Gasteiger partial charge in [-0.1, -0.05) is 58.4 Å². The van der Waals surface area contributed by atoms with Gasteiger partial charge in [-0.3, -0.25) is 9.08 Å². The van der Waals surface area contributed by atoms with Crippen LogP contribution in [0.3, 0.4) is 0 Å². The number of carbonyl (C=O) groups is 1. The predicted octanol–water partition coefficient (Wildman–Crippen LogP) is 6.19. The molecule has 5 rings (SSSR count). The average Bonchev–Trinajstić information content (AvgIpc) is 2.77. The molecule has 3 aliphatic carbocycles. The zero-order chi connectivity index (χ0) is 25.5. The van der Waals surface area contributed by atoms with Crippen molar-refractivity contribution in [2.45, 2.75) is 82.1 Å². The smallest absolute Gasteiger partial charge is 0.411 e. The van der Waals surface area contributed by atoms with Crippen LogP contribution in [0.2, 0.25) is 0 Å². The highest BCUT2D eigenvalue weighted by atomic mass is 79.9. The second kappa shape index (κ2) is 9.52. The third kappa shape index (κ3) is 5.75. The van der Waals surface area contributed by atoms with Gasteiger partial charge in [-0.2, -0.15) is 8.42 Å². The molecule has 3 saturated carbocycles. The fraction of sp³-hybridized carbons (Fsp3) is 0.519. The minimum absolute atomic E-state index is 0.377. The van der Waals surface area contributed by atoms with E-state index in [0.29, 0.717) is 13.0 Å². The van der Waals surface area contributed by atoms with E-state index < -0.39 is 32.8 Å². The van der Waals surface area contributed by atoms with Crippen LogP contribution in [0.15, 0.2) is 59.1 Å². The highest BCUT2D eigenvalue weighted by Crippen LogP contribution is 2.57. The zero-order valence-corrected chi connectivity index (χ0v) is 23.2. The SMILES string of the molecule is CC(C)(C)OC(=O)N(Cc1ccccc1)C12CCC(c3ccc(Br)cc3)(CC1)C(OS(C)(=O)=O)C2. The molecule has 6 nitrogen and oxygen atoms in total. The number of rotatable bonds is 6. The van der Waals surface area contributed by atoms with Crippen LogP contribution in [0, 0.1) is 0 Å². The number of ether oxygens (including phenoxy) is 1. The van der Waals surface area contributed by atoms with E-state index in [0.717, 1.165) is 47.5 Å². The van der Waals surface area contributed by atoms with Crippen molar-refractivity contribution in [3.63, 3.8) is 0 Å². The van der Waals surface area contributed by atoms with Crippen LogP contribution in [-0.4, -0.2) is 42.9 Å². The molecule has 0 N–H and O–H groups in total. The molecule has 35 heavy (non-hydrogen) atoms. The van der Waals surface area contributed by atoms with Crippen molar-refractivity contribution in [3.05, 3.63) is 70.2 Å². The van der Waals surface area contributed by atoms with Crippen LogP contribution in [0.1, 0.15) is 64.0 Å². The Morgan fingerprint density at radius 1 is 1.03 bits per heavy atom. The van der Waals surface area contributed by atoms with Gasteiger partial charge in [0.05, 0.1) is 12.4 Å². The number of halogens is 1. The van der Waals surface area contributed by atoms with Crippen LogP contribution in [0.25, 0.3) is 0 Å². The third-order valence-electron chi connectivity index (χ3n) is 7.33. The number of amides is 1. The Labute approximate surface area is 217 Å². The molecule has 2 aromatic carbocycles. The van der Waals surface area contributed by atoms with Crippen molar-refractivity contribution in [1.82, 2.24) is 4.90 Å². The molecule has 8 heteroatoms. The van der Waals surface area contributed by atoms with E-state index in [9.17, 15) is 13.2 Å².